The van der Waals surface area contributed by atoms with Crippen LogP contribution in [-0.4, -0.2) is 33.3 Å². The summed E-state index contributed by atoms with van der Waals surface area (Å²) in [6, 6.07) is 6.43. The van der Waals surface area contributed by atoms with Crippen LogP contribution in [0.1, 0.15) is 25.8 Å². The number of hydrogen-bond donors (Lipinski definition) is 1. The van der Waals surface area contributed by atoms with Crippen molar-refractivity contribution in [3.63, 3.8) is 0 Å². The molecule has 0 aromatic heterocycles. The average molecular weight is 262 g/mol. The zero-order chi connectivity index (χ0) is 13.9. The van der Waals surface area contributed by atoms with Gasteiger partial charge in [0.1, 0.15) is 5.75 Å². The van der Waals surface area contributed by atoms with E-state index in [0.29, 0.717) is 0 Å². The van der Waals surface area contributed by atoms with Gasteiger partial charge in [0, 0.05) is 19.6 Å². The van der Waals surface area contributed by atoms with Gasteiger partial charge in [-0.25, -0.2) is 0 Å². The molecule has 1 aliphatic heterocycles. The highest BCUT2D eigenvalue weighted by Gasteiger charge is 2.25. The van der Waals surface area contributed by atoms with Crippen LogP contribution in [0.15, 0.2) is 18.2 Å². The summed E-state index contributed by atoms with van der Waals surface area (Å²) in [5, 5.41) is 3.53. The van der Waals surface area contributed by atoms with Crippen LogP contribution in [0.3, 0.4) is 0 Å². The van der Waals surface area contributed by atoms with Crippen LogP contribution in [0.25, 0.3) is 0 Å². The number of methoxy groups -OCH3 is 1. The maximum absolute atomic E-state index is 5.54. The van der Waals surface area contributed by atoms with Crippen LogP contribution in [-0.2, 0) is 0 Å². The highest BCUT2D eigenvalue weighted by Crippen LogP contribution is 2.32. The lowest BCUT2D eigenvalue weighted by Gasteiger charge is -2.37. The fourth-order valence-electron chi connectivity index (χ4n) is 2.73. The number of nitrogens with one attached hydrogen (secondary N) is 1. The first-order valence-electron chi connectivity index (χ1n) is 7.12. The number of benzene rings is 1. The fourth-order valence-corrected chi connectivity index (χ4v) is 2.73. The molecule has 3 nitrogen and oxygen atoms in total. The molecule has 0 saturated carbocycles. The molecule has 2 rings (SSSR count). The molecule has 1 aromatic rings. The van der Waals surface area contributed by atoms with Crippen LogP contribution in [0, 0.1) is 12.3 Å². The Kier molecular flexibility index (Phi) is 4.35. The van der Waals surface area contributed by atoms with Crippen molar-refractivity contribution in [1.29, 1.82) is 0 Å². The van der Waals surface area contributed by atoms with Crippen molar-refractivity contribution in [2.24, 2.45) is 5.41 Å². The Morgan fingerprint density at radius 2 is 2.11 bits per heavy atom. The van der Waals surface area contributed by atoms with E-state index in [4.69, 9.17) is 4.74 Å². The van der Waals surface area contributed by atoms with Gasteiger partial charge in [0.15, 0.2) is 0 Å². The predicted octanol–water partition coefficient (Wildman–Crippen LogP) is 2.83. The average Bonchev–Trinajstić information content (AvgIpc) is 2.34. The molecule has 0 aliphatic carbocycles. The summed E-state index contributed by atoms with van der Waals surface area (Å²) >= 11 is 0. The minimum atomic E-state index is 0.273. The summed E-state index contributed by atoms with van der Waals surface area (Å²) in [4.78, 5) is 2.48. The lowest BCUT2D eigenvalue weighted by atomic mass is 9.91. The SMILES string of the molecule is COc1ccc(C)cc1N1CCCNCC(C)(C)C1. The van der Waals surface area contributed by atoms with E-state index >= 15 is 0 Å². The van der Waals surface area contributed by atoms with E-state index in [0.717, 1.165) is 31.9 Å². The van der Waals surface area contributed by atoms with Crippen LogP contribution in [0.2, 0.25) is 0 Å². The largest absolute Gasteiger partial charge is 0.495 e. The Morgan fingerprint density at radius 1 is 1.32 bits per heavy atom. The summed E-state index contributed by atoms with van der Waals surface area (Å²) in [7, 11) is 1.75. The Balaban J connectivity index is 2.29. The summed E-state index contributed by atoms with van der Waals surface area (Å²) in [5.74, 6) is 0.981. The monoisotopic (exact) mass is 262 g/mol. The molecule has 0 amide bonds. The van der Waals surface area contributed by atoms with E-state index in [9.17, 15) is 0 Å². The summed E-state index contributed by atoms with van der Waals surface area (Å²) in [6.07, 6.45) is 1.17. The van der Waals surface area contributed by atoms with Gasteiger partial charge in [-0.05, 0) is 43.0 Å². The summed E-state index contributed by atoms with van der Waals surface area (Å²) in [6.45, 7) is 11.1. The first-order valence-corrected chi connectivity index (χ1v) is 7.12. The molecule has 0 atom stereocenters. The normalized spacial score (nSPS) is 19.7. The molecule has 3 heteroatoms. The molecule has 1 fully saturated rings. The Morgan fingerprint density at radius 3 is 2.84 bits per heavy atom. The molecule has 0 radical (unpaired) electrons. The molecule has 19 heavy (non-hydrogen) atoms. The summed E-state index contributed by atoms with van der Waals surface area (Å²) in [5.41, 5.74) is 2.79. The van der Waals surface area contributed by atoms with Crippen molar-refractivity contribution in [2.45, 2.75) is 27.2 Å². The van der Waals surface area contributed by atoms with Gasteiger partial charge in [0.25, 0.3) is 0 Å². The van der Waals surface area contributed by atoms with Crippen LogP contribution < -0.4 is 15.0 Å². The third-order valence-electron chi connectivity index (χ3n) is 3.68. The van der Waals surface area contributed by atoms with Gasteiger partial charge in [0.2, 0.25) is 0 Å². The molecule has 0 bridgehead atoms. The van der Waals surface area contributed by atoms with Gasteiger partial charge in [0.05, 0.1) is 12.8 Å². The molecule has 106 valence electrons. The first kappa shape index (κ1) is 14.2. The molecule has 1 heterocycles. The smallest absolute Gasteiger partial charge is 0.142 e. The predicted molar refractivity (Wildman–Crippen MR) is 81.2 cm³/mol. The number of ether oxygens (including phenoxy) is 1. The van der Waals surface area contributed by atoms with Gasteiger partial charge in [-0.1, -0.05) is 19.9 Å². The Labute approximate surface area is 116 Å². The van der Waals surface area contributed by atoms with Crippen molar-refractivity contribution in [3.8, 4) is 5.75 Å². The van der Waals surface area contributed by atoms with Gasteiger partial charge >= 0.3 is 0 Å². The van der Waals surface area contributed by atoms with Crippen LogP contribution in [0.4, 0.5) is 5.69 Å². The molecular formula is C16H26N2O. The van der Waals surface area contributed by atoms with Crippen molar-refractivity contribution in [3.05, 3.63) is 23.8 Å². The van der Waals surface area contributed by atoms with Gasteiger partial charge in [-0.2, -0.15) is 0 Å². The standard InChI is InChI=1S/C16H26N2O/c1-13-6-7-15(19-4)14(10-13)18-9-5-8-17-11-16(2,3)12-18/h6-7,10,17H,5,8-9,11-12H2,1-4H3. The van der Waals surface area contributed by atoms with E-state index in [-0.39, 0.29) is 5.41 Å². The van der Waals surface area contributed by atoms with E-state index in [1.54, 1.807) is 7.11 Å². The minimum absolute atomic E-state index is 0.273. The molecule has 0 unspecified atom stereocenters. The zero-order valence-corrected chi connectivity index (χ0v) is 12.6. The third kappa shape index (κ3) is 3.63. The number of hydrogen-bond acceptors (Lipinski definition) is 3. The molecule has 0 spiro atoms. The van der Waals surface area contributed by atoms with E-state index < -0.39 is 0 Å². The molecule has 1 aromatic carbocycles. The minimum Gasteiger partial charge on any atom is -0.495 e. The number of anilines is 1. The summed E-state index contributed by atoms with van der Waals surface area (Å²) < 4.78 is 5.54. The highest BCUT2D eigenvalue weighted by molar-refractivity contribution is 5.60. The lowest BCUT2D eigenvalue weighted by Crippen LogP contribution is -2.44. The molecular weight excluding hydrogens is 236 g/mol. The number of rotatable bonds is 2. The van der Waals surface area contributed by atoms with Gasteiger partial charge in [-0.3, -0.25) is 0 Å². The maximum atomic E-state index is 5.54. The molecule has 1 aliphatic rings. The Bertz CT molecular complexity index is 429. The van der Waals surface area contributed by atoms with Crippen molar-refractivity contribution < 1.29 is 4.74 Å². The van der Waals surface area contributed by atoms with Crippen LogP contribution in [0.5, 0.6) is 5.75 Å². The second-order valence-electron chi connectivity index (χ2n) is 6.29. The zero-order valence-electron chi connectivity index (χ0n) is 12.6. The maximum Gasteiger partial charge on any atom is 0.142 e. The molecule has 1 N–H and O–H groups in total. The lowest BCUT2D eigenvalue weighted by molar-refractivity contribution is 0.323. The van der Waals surface area contributed by atoms with E-state index in [2.05, 4.69) is 49.2 Å². The van der Waals surface area contributed by atoms with Crippen LogP contribution >= 0.6 is 0 Å². The Hall–Kier alpha value is -1.22. The third-order valence-corrected chi connectivity index (χ3v) is 3.68. The topological polar surface area (TPSA) is 24.5 Å². The fraction of sp³-hybridized carbons (Fsp3) is 0.625. The van der Waals surface area contributed by atoms with Crippen molar-refractivity contribution in [1.82, 2.24) is 5.32 Å². The number of aryl methyl sites for hydroxylation is 1. The second kappa shape index (κ2) is 5.83. The quantitative estimate of drug-likeness (QED) is 0.887. The van der Waals surface area contributed by atoms with Gasteiger partial charge in [-0.15, -0.1) is 0 Å². The van der Waals surface area contributed by atoms with E-state index in [1.165, 1.54) is 17.7 Å². The van der Waals surface area contributed by atoms with Crippen molar-refractivity contribution in [2.75, 3.05) is 38.2 Å². The second-order valence-corrected chi connectivity index (χ2v) is 6.29. The number of nitrogens with zero attached hydrogens (tertiary/aromatic N) is 1. The first-order chi connectivity index (χ1) is 9.02. The highest BCUT2D eigenvalue weighted by atomic mass is 16.5. The van der Waals surface area contributed by atoms with E-state index in [1.807, 2.05) is 0 Å². The molecule has 1 saturated heterocycles. The van der Waals surface area contributed by atoms with Gasteiger partial charge < -0.3 is 15.0 Å². The van der Waals surface area contributed by atoms with Crippen molar-refractivity contribution >= 4 is 5.69 Å².